The van der Waals surface area contributed by atoms with Gasteiger partial charge in [0, 0.05) is 11.6 Å². The number of nitrogens with one attached hydrogen (secondary N) is 1. The Morgan fingerprint density at radius 1 is 1.54 bits per heavy atom. The first kappa shape index (κ1) is 11.0. The van der Waals surface area contributed by atoms with E-state index >= 15 is 0 Å². The average molecular weight is 183 g/mol. The number of hydrogen-bond acceptors (Lipinski definition) is 2. The zero-order chi connectivity index (χ0) is 9.73. The summed E-state index contributed by atoms with van der Waals surface area (Å²) in [6, 6.07) is 0.614. The highest BCUT2D eigenvalue weighted by Gasteiger charge is 2.27. The number of piperidine rings is 1. The summed E-state index contributed by atoms with van der Waals surface area (Å²) < 4.78 is 0. The molecule has 1 rings (SSSR count). The van der Waals surface area contributed by atoms with E-state index in [-0.39, 0.29) is 5.54 Å². The fraction of sp³-hybridized carbons (Fsp3) is 0.909. The van der Waals surface area contributed by atoms with Crippen molar-refractivity contribution in [2.75, 3.05) is 6.54 Å². The van der Waals surface area contributed by atoms with E-state index in [1.807, 2.05) is 0 Å². The van der Waals surface area contributed by atoms with Crippen LogP contribution in [0.1, 0.15) is 45.4 Å². The Kier molecular flexibility index (Phi) is 4.20. The molecule has 13 heavy (non-hydrogen) atoms. The van der Waals surface area contributed by atoms with Gasteiger partial charge in [0.05, 0.1) is 0 Å². The Morgan fingerprint density at radius 3 is 2.92 bits per heavy atom. The molecule has 1 fully saturated rings. The van der Waals surface area contributed by atoms with E-state index < -0.39 is 0 Å². The highest BCUT2D eigenvalue weighted by atomic mass is 15.0. The van der Waals surface area contributed by atoms with Crippen LogP contribution in [-0.2, 0) is 0 Å². The van der Waals surface area contributed by atoms with Crippen molar-refractivity contribution >= 4 is 0 Å². The van der Waals surface area contributed by atoms with E-state index in [2.05, 4.69) is 19.2 Å². The molecule has 1 saturated heterocycles. The summed E-state index contributed by atoms with van der Waals surface area (Å²) >= 11 is 0. The van der Waals surface area contributed by atoms with Gasteiger partial charge < -0.3 is 11.1 Å². The second kappa shape index (κ2) is 4.97. The van der Waals surface area contributed by atoms with Crippen LogP contribution in [0.5, 0.6) is 0 Å². The maximum Gasteiger partial charge on any atom is 0.0182 e. The predicted molar refractivity (Wildman–Crippen MR) is 57.4 cm³/mol. The van der Waals surface area contributed by atoms with Gasteiger partial charge in [-0.3, -0.25) is 0 Å². The van der Waals surface area contributed by atoms with Crippen molar-refractivity contribution in [3.8, 4) is 0 Å². The molecule has 3 N–H and O–H groups in total. The van der Waals surface area contributed by atoms with Gasteiger partial charge >= 0.3 is 0 Å². The minimum absolute atomic E-state index is 0.165. The first-order valence-corrected chi connectivity index (χ1v) is 5.52. The monoisotopic (exact) mass is 183 g/mol. The third kappa shape index (κ3) is 4.10. The molecule has 2 nitrogen and oxygen atoms in total. The van der Waals surface area contributed by atoms with Gasteiger partial charge in [-0.2, -0.15) is 0 Å². The summed E-state index contributed by atoms with van der Waals surface area (Å²) in [6.07, 6.45) is 7.28. The third-order valence-electron chi connectivity index (χ3n) is 2.86. The number of hydrogen-bond donors (Lipinski definition) is 2. The van der Waals surface area contributed by atoms with E-state index in [4.69, 9.17) is 5.73 Å². The Bertz CT molecular complexity index is 143. The Balaban J connectivity index is 2.19. The van der Waals surface area contributed by atoms with Crippen LogP contribution in [0.2, 0.25) is 0 Å². The molecule has 1 heterocycles. The molecule has 1 aliphatic rings. The fourth-order valence-corrected chi connectivity index (χ4v) is 2.04. The van der Waals surface area contributed by atoms with Crippen molar-refractivity contribution in [1.29, 1.82) is 0 Å². The van der Waals surface area contributed by atoms with Crippen LogP contribution in [0.15, 0.2) is 0 Å². The van der Waals surface area contributed by atoms with E-state index in [0.29, 0.717) is 6.04 Å². The first-order valence-electron chi connectivity index (χ1n) is 5.52. The van der Waals surface area contributed by atoms with Gasteiger partial charge in [-0.25, -0.2) is 0 Å². The van der Waals surface area contributed by atoms with Crippen LogP contribution < -0.4 is 11.1 Å². The molecule has 0 amide bonds. The van der Waals surface area contributed by atoms with E-state index in [0.717, 1.165) is 19.4 Å². The van der Waals surface area contributed by atoms with Gasteiger partial charge in [-0.15, -0.1) is 0 Å². The Hall–Kier alpha value is -0.0800. The second-order valence-electron chi connectivity index (χ2n) is 4.46. The SMILES string of the molecule is [CH2]C1(N)CCNC(CCCCC)C1. The standard InChI is InChI=1S/C11H23N2/c1-3-4-5-6-10-9-11(2,12)7-8-13-10/h10,13H,2-9,12H2,1H3. The largest absolute Gasteiger partial charge is 0.325 e. The van der Waals surface area contributed by atoms with E-state index in [1.165, 1.54) is 25.7 Å². The molecular formula is C11H23N2. The van der Waals surface area contributed by atoms with Gasteiger partial charge in [0.1, 0.15) is 0 Å². The average Bonchev–Trinajstić information content (AvgIpc) is 2.03. The summed E-state index contributed by atoms with van der Waals surface area (Å²) in [6.45, 7) is 7.32. The van der Waals surface area contributed by atoms with E-state index in [1.54, 1.807) is 0 Å². The van der Waals surface area contributed by atoms with Crippen molar-refractivity contribution in [1.82, 2.24) is 5.32 Å². The third-order valence-corrected chi connectivity index (χ3v) is 2.86. The zero-order valence-corrected chi connectivity index (χ0v) is 8.81. The summed E-state index contributed by atoms with van der Waals surface area (Å²) in [7, 11) is 0. The fourth-order valence-electron chi connectivity index (χ4n) is 2.04. The van der Waals surface area contributed by atoms with Crippen molar-refractivity contribution in [2.24, 2.45) is 5.73 Å². The van der Waals surface area contributed by atoms with Crippen LogP contribution in [0.25, 0.3) is 0 Å². The lowest BCUT2D eigenvalue weighted by Crippen LogP contribution is -2.51. The molecule has 0 aromatic rings. The molecule has 0 aliphatic carbocycles. The highest BCUT2D eigenvalue weighted by Crippen LogP contribution is 2.20. The van der Waals surface area contributed by atoms with Crippen LogP contribution in [0.3, 0.4) is 0 Å². The topological polar surface area (TPSA) is 38.0 Å². The maximum absolute atomic E-state index is 6.02. The maximum atomic E-state index is 6.02. The molecule has 0 aromatic carbocycles. The number of rotatable bonds is 4. The van der Waals surface area contributed by atoms with Gasteiger partial charge in [0.15, 0.2) is 0 Å². The van der Waals surface area contributed by atoms with E-state index in [9.17, 15) is 0 Å². The smallest absolute Gasteiger partial charge is 0.0182 e. The molecule has 77 valence electrons. The van der Waals surface area contributed by atoms with Crippen LogP contribution in [-0.4, -0.2) is 18.1 Å². The van der Waals surface area contributed by atoms with Gasteiger partial charge in [0.25, 0.3) is 0 Å². The number of nitrogens with two attached hydrogens (primary N) is 1. The zero-order valence-electron chi connectivity index (χ0n) is 8.81. The Morgan fingerprint density at radius 2 is 2.31 bits per heavy atom. The summed E-state index contributed by atoms with van der Waals surface area (Å²) in [4.78, 5) is 0. The molecule has 0 spiro atoms. The molecular weight excluding hydrogens is 160 g/mol. The Labute approximate surface area is 82.3 Å². The van der Waals surface area contributed by atoms with Crippen LogP contribution >= 0.6 is 0 Å². The molecule has 2 atom stereocenters. The lowest BCUT2D eigenvalue weighted by Gasteiger charge is -2.35. The van der Waals surface area contributed by atoms with Gasteiger partial charge in [-0.1, -0.05) is 26.2 Å². The summed E-state index contributed by atoms with van der Waals surface area (Å²) in [5, 5.41) is 3.51. The summed E-state index contributed by atoms with van der Waals surface area (Å²) in [5.74, 6) is 0. The number of unbranched alkanes of at least 4 members (excludes halogenated alkanes) is 2. The molecule has 2 heteroatoms. The van der Waals surface area contributed by atoms with Crippen LogP contribution in [0, 0.1) is 6.92 Å². The predicted octanol–water partition coefficient (Wildman–Crippen LogP) is 1.85. The van der Waals surface area contributed by atoms with Crippen molar-refractivity contribution < 1.29 is 0 Å². The first-order chi connectivity index (χ1) is 6.14. The second-order valence-corrected chi connectivity index (χ2v) is 4.46. The van der Waals surface area contributed by atoms with Crippen molar-refractivity contribution in [3.63, 3.8) is 0 Å². The van der Waals surface area contributed by atoms with Gasteiger partial charge in [-0.05, 0) is 32.7 Å². The molecule has 0 bridgehead atoms. The minimum Gasteiger partial charge on any atom is -0.325 e. The molecule has 1 radical (unpaired) electrons. The quantitative estimate of drug-likeness (QED) is 0.653. The lowest BCUT2D eigenvalue weighted by molar-refractivity contribution is 0.285. The molecule has 1 aliphatic heterocycles. The van der Waals surface area contributed by atoms with Crippen molar-refractivity contribution in [3.05, 3.63) is 6.92 Å². The molecule has 2 unspecified atom stereocenters. The normalized spacial score (nSPS) is 34.8. The van der Waals surface area contributed by atoms with Gasteiger partial charge in [0.2, 0.25) is 0 Å². The molecule has 0 aromatic heterocycles. The molecule has 0 saturated carbocycles. The highest BCUT2D eigenvalue weighted by molar-refractivity contribution is 4.95. The van der Waals surface area contributed by atoms with Crippen molar-refractivity contribution in [2.45, 2.75) is 57.0 Å². The lowest BCUT2D eigenvalue weighted by atomic mass is 9.85. The summed E-state index contributed by atoms with van der Waals surface area (Å²) in [5.41, 5.74) is 5.86. The minimum atomic E-state index is -0.165. The van der Waals surface area contributed by atoms with Crippen LogP contribution in [0.4, 0.5) is 0 Å².